The highest BCUT2D eigenvalue weighted by molar-refractivity contribution is 6.30. The van der Waals surface area contributed by atoms with Gasteiger partial charge in [-0.15, -0.1) is 0 Å². The molecule has 94 valence electrons. The van der Waals surface area contributed by atoms with Crippen LogP contribution in [-0.4, -0.2) is 15.6 Å². The predicted molar refractivity (Wildman–Crippen MR) is 72.1 cm³/mol. The highest BCUT2D eigenvalue weighted by Gasteiger charge is 2.16. The monoisotopic (exact) mass is 262 g/mol. The van der Waals surface area contributed by atoms with Crippen LogP contribution in [-0.2, 0) is 6.54 Å². The van der Waals surface area contributed by atoms with Crippen LogP contribution in [0.1, 0.15) is 35.0 Å². The Balaban J connectivity index is 2.38. The zero-order valence-corrected chi connectivity index (χ0v) is 11.2. The molecule has 4 heteroatoms. The Morgan fingerprint density at radius 1 is 1.39 bits per heavy atom. The van der Waals surface area contributed by atoms with Crippen LogP contribution >= 0.6 is 11.6 Å². The zero-order valence-electron chi connectivity index (χ0n) is 10.5. The van der Waals surface area contributed by atoms with Crippen LogP contribution in [0.3, 0.4) is 0 Å². The number of halogens is 1. The van der Waals surface area contributed by atoms with E-state index in [1.54, 1.807) is 35.1 Å². The van der Waals surface area contributed by atoms with E-state index in [1.165, 1.54) is 0 Å². The van der Waals surface area contributed by atoms with Gasteiger partial charge in [-0.25, -0.2) is 0 Å². The second kappa shape index (κ2) is 5.36. The average Bonchev–Trinajstić information content (AvgIpc) is 2.77. The SMILES string of the molecule is CCCn1nccc1C(=O)c1ccc(Cl)cc1C. The Morgan fingerprint density at radius 3 is 2.83 bits per heavy atom. The molecule has 2 rings (SSSR count). The van der Waals surface area contributed by atoms with Gasteiger partial charge < -0.3 is 0 Å². The van der Waals surface area contributed by atoms with Crippen molar-refractivity contribution in [3.8, 4) is 0 Å². The van der Waals surface area contributed by atoms with E-state index in [2.05, 4.69) is 12.0 Å². The van der Waals surface area contributed by atoms with Gasteiger partial charge in [0.1, 0.15) is 5.69 Å². The minimum absolute atomic E-state index is 0.00452. The summed E-state index contributed by atoms with van der Waals surface area (Å²) < 4.78 is 1.75. The van der Waals surface area contributed by atoms with Gasteiger partial charge in [0.25, 0.3) is 0 Å². The smallest absolute Gasteiger partial charge is 0.211 e. The molecule has 2 aromatic rings. The zero-order chi connectivity index (χ0) is 13.1. The summed E-state index contributed by atoms with van der Waals surface area (Å²) in [5.41, 5.74) is 2.19. The summed E-state index contributed by atoms with van der Waals surface area (Å²) in [4.78, 5) is 12.4. The first-order chi connectivity index (χ1) is 8.63. The third kappa shape index (κ3) is 2.46. The molecule has 0 fully saturated rings. The molecule has 0 amide bonds. The number of ketones is 1. The molecule has 0 saturated carbocycles. The summed E-state index contributed by atoms with van der Waals surface area (Å²) in [5, 5.41) is 4.81. The van der Waals surface area contributed by atoms with Crippen molar-refractivity contribution in [2.24, 2.45) is 0 Å². The molecule has 0 radical (unpaired) electrons. The Bertz CT molecular complexity index is 575. The molecule has 0 unspecified atom stereocenters. The Hall–Kier alpha value is -1.61. The maximum Gasteiger partial charge on any atom is 0.211 e. The van der Waals surface area contributed by atoms with Crippen LogP contribution < -0.4 is 0 Å². The minimum Gasteiger partial charge on any atom is -0.287 e. The molecule has 1 heterocycles. The van der Waals surface area contributed by atoms with Crippen molar-refractivity contribution in [1.82, 2.24) is 9.78 Å². The summed E-state index contributed by atoms with van der Waals surface area (Å²) >= 11 is 5.90. The van der Waals surface area contributed by atoms with Crippen molar-refractivity contribution in [2.75, 3.05) is 0 Å². The number of aryl methyl sites for hydroxylation is 2. The van der Waals surface area contributed by atoms with Gasteiger partial charge in [0.2, 0.25) is 5.78 Å². The number of nitrogens with zero attached hydrogens (tertiary/aromatic N) is 2. The number of carbonyl (C=O) groups is 1. The van der Waals surface area contributed by atoms with Crippen molar-refractivity contribution in [1.29, 1.82) is 0 Å². The third-order valence-electron chi connectivity index (χ3n) is 2.82. The summed E-state index contributed by atoms with van der Waals surface area (Å²) in [5.74, 6) is -0.00452. The predicted octanol–water partition coefficient (Wildman–Crippen LogP) is 3.49. The van der Waals surface area contributed by atoms with Crippen molar-refractivity contribution in [2.45, 2.75) is 26.8 Å². The fourth-order valence-electron chi connectivity index (χ4n) is 1.94. The van der Waals surface area contributed by atoms with Gasteiger partial charge in [0.15, 0.2) is 0 Å². The molecule has 0 atom stereocenters. The number of hydrogen-bond donors (Lipinski definition) is 0. The minimum atomic E-state index is -0.00452. The van der Waals surface area contributed by atoms with Crippen molar-refractivity contribution in [3.05, 3.63) is 52.3 Å². The highest BCUT2D eigenvalue weighted by atomic mass is 35.5. The van der Waals surface area contributed by atoms with Crippen molar-refractivity contribution >= 4 is 17.4 Å². The molecule has 3 nitrogen and oxygen atoms in total. The van der Waals surface area contributed by atoms with E-state index in [-0.39, 0.29) is 5.78 Å². The average molecular weight is 263 g/mol. The topological polar surface area (TPSA) is 34.9 Å². The lowest BCUT2D eigenvalue weighted by Gasteiger charge is -2.07. The third-order valence-corrected chi connectivity index (χ3v) is 3.05. The van der Waals surface area contributed by atoms with E-state index in [0.717, 1.165) is 18.5 Å². The molecule has 0 saturated heterocycles. The molecule has 18 heavy (non-hydrogen) atoms. The van der Waals surface area contributed by atoms with Crippen LogP contribution in [0.15, 0.2) is 30.5 Å². The largest absolute Gasteiger partial charge is 0.287 e. The summed E-state index contributed by atoms with van der Waals surface area (Å²) in [6.07, 6.45) is 2.61. The van der Waals surface area contributed by atoms with Crippen molar-refractivity contribution in [3.63, 3.8) is 0 Å². The second-order valence-corrected chi connectivity index (χ2v) is 4.66. The van der Waals surface area contributed by atoms with Crippen LogP contribution in [0.2, 0.25) is 5.02 Å². The van der Waals surface area contributed by atoms with Crippen LogP contribution in [0, 0.1) is 6.92 Å². The maximum absolute atomic E-state index is 12.4. The van der Waals surface area contributed by atoms with Crippen molar-refractivity contribution < 1.29 is 4.79 Å². The first kappa shape index (κ1) is 12.8. The summed E-state index contributed by atoms with van der Waals surface area (Å²) in [7, 11) is 0. The molecule has 0 aliphatic carbocycles. The van der Waals surface area contributed by atoms with Gasteiger partial charge in [-0.2, -0.15) is 5.10 Å². The van der Waals surface area contributed by atoms with Gasteiger partial charge in [-0.1, -0.05) is 18.5 Å². The molecule has 0 N–H and O–H groups in total. The van der Waals surface area contributed by atoms with E-state index in [4.69, 9.17) is 11.6 Å². The maximum atomic E-state index is 12.4. The number of rotatable bonds is 4. The standard InChI is InChI=1S/C14H15ClN2O/c1-3-8-17-13(6-7-16-17)14(18)12-5-4-11(15)9-10(12)2/h4-7,9H,3,8H2,1-2H3. The molecule has 0 aliphatic rings. The van der Waals surface area contributed by atoms with Gasteiger partial charge in [0, 0.05) is 23.3 Å². The Morgan fingerprint density at radius 2 is 2.17 bits per heavy atom. The number of aromatic nitrogens is 2. The van der Waals surface area contributed by atoms with Gasteiger partial charge in [0.05, 0.1) is 0 Å². The molecule has 0 bridgehead atoms. The normalized spacial score (nSPS) is 10.6. The lowest BCUT2D eigenvalue weighted by molar-refractivity contribution is 0.102. The lowest BCUT2D eigenvalue weighted by atomic mass is 10.0. The van der Waals surface area contributed by atoms with E-state index in [1.807, 2.05) is 6.92 Å². The van der Waals surface area contributed by atoms with Crippen LogP contribution in [0.5, 0.6) is 0 Å². The molecular weight excluding hydrogens is 248 g/mol. The van der Waals surface area contributed by atoms with Crippen LogP contribution in [0.4, 0.5) is 0 Å². The number of benzene rings is 1. The highest BCUT2D eigenvalue weighted by Crippen LogP contribution is 2.18. The molecule has 0 spiro atoms. The van der Waals surface area contributed by atoms with E-state index < -0.39 is 0 Å². The van der Waals surface area contributed by atoms with Gasteiger partial charge in [-0.3, -0.25) is 9.48 Å². The molecular formula is C14H15ClN2O. The summed E-state index contributed by atoms with van der Waals surface area (Å²) in [6.45, 7) is 4.70. The molecule has 1 aromatic carbocycles. The quantitative estimate of drug-likeness (QED) is 0.791. The van der Waals surface area contributed by atoms with Gasteiger partial charge >= 0.3 is 0 Å². The molecule has 0 aliphatic heterocycles. The first-order valence-electron chi connectivity index (χ1n) is 5.96. The second-order valence-electron chi connectivity index (χ2n) is 4.23. The first-order valence-corrected chi connectivity index (χ1v) is 6.34. The fraction of sp³-hybridized carbons (Fsp3) is 0.286. The molecule has 1 aromatic heterocycles. The lowest BCUT2D eigenvalue weighted by Crippen LogP contribution is -2.12. The number of carbonyl (C=O) groups excluding carboxylic acids is 1. The van der Waals surface area contributed by atoms with E-state index >= 15 is 0 Å². The Labute approximate surface area is 111 Å². The summed E-state index contributed by atoms with van der Waals surface area (Å²) in [6, 6.07) is 7.06. The Kier molecular flexibility index (Phi) is 3.82. The van der Waals surface area contributed by atoms with E-state index in [9.17, 15) is 4.79 Å². The van der Waals surface area contributed by atoms with Gasteiger partial charge in [-0.05, 0) is 43.2 Å². The fourth-order valence-corrected chi connectivity index (χ4v) is 2.16. The van der Waals surface area contributed by atoms with E-state index in [0.29, 0.717) is 16.3 Å². The number of hydrogen-bond acceptors (Lipinski definition) is 2. The van der Waals surface area contributed by atoms with Crippen LogP contribution in [0.25, 0.3) is 0 Å².